The fourth-order valence-corrected chi connectivity index (χ4v) is 4.29. The number of hydrogen-bond donors (Lipinski definition) is 1. The smallest absolute Gasteiger partial charge is 0.279 e. The Morgan fingerprint density at radius 2 is 1.94 bits per heavy atom. The summed E-state index contributed by atoms with van der Waals surface area (Å²) in [6.45, 7) is 4.49. The topological polar surface area (TPSA) is 72.7 Å². The van der Waals surface area contributed by atoms with Crippen molar-refractivity contribution in [1.29, 1.82) is 0 Å². The first-order valence-electron chi connectivity index (χ1n) is 10.2. The minimum atomic E-state index is -0.325. The Hall–Kier alpha value is -3.19. The van der Waals surface area contributed by atoms with Gasteiger partial charge in [0.15, 0.2) is 4.80 Å². The molecule has 6 nitrogen and oxygen atoms in total. The molecule has 1 N–H and O–H groups in total. The van der Waals surface area contributed by atoms with Crippen LogP contribution in [0.2, 0.25) is 0 Å². The Kier molecular flexibility index (Phi) is 6.04. The Labute approximate surface area is 185 Å². The van der Waals surface area contributed by atoms with Gasteiger partial charge in [0.05, 0.1) is 13.7 Å². The molecule has 0 radical (unpaired) electrons. The number of methoxy groups -OCH3 is 1. The molecule has 0 saturated heterocycles. The van der Waals surface area contributed by atoms with Crippen molar-refractivity contribution in [2.24, 2.45) is 4.99 Å². The molecular weight excluding hydrogens is 410 g/mol. The molecule has 31 heavy (non-hydrogen) atoms. The van der Waals surface area contributed by atoms with E-state index in [1.165, 1.54) is 11.3 Å². The van der Waals surface area contributed by atoms with E-state index in [1.54, 1.807) is 31.4 Å². The Bertz CT molecular complexity index is 1200. The van der Waals surface area contributed by atoms with Crippen molar-refractivity contribution in [3.8, 4) is 5.75 Å². The van der Waals surface area contributed by atoms with Crippen molar-refractivity contribution >= 4 is 23.2 Å². The number of rotatable bonds is 6. The van der Waals surface area contributed by atoms with Crippen LogP contribution in [0, 0.1) is 13.8 Å². The summed E-state index contributed by atoms with van der Waals surface area (Å²) in [6, 6.07) is 14.9. The second kappa shape index (κ2) is 8.89. The summed E-state index contributed by atoms with van der Waals surface area (Å²) >= 11 is 1.47. The molecule has 2 amide bonds. The average Bonchev–Trinajstić information content (AvgIpc) is 3.56. The fraction of sp³-hybridized carbons (Fsp3) is 0.292. The van der Waals surface area contributed by atoms with Crippen LogP contribution in [-0.2, 0) is 6.54 Å². The van der Waals surface area contributed by atoms with Crippen LogP contribution < -0.4 is 14.9 Å². The van der Waals surface area contributed by atoms with Crippen LogP contribution in [0.5, 0.6) is 5.75 Å². The zero-order valence-corrected chi connectivity index (χ0v) is 18.7. The van der Waals surface area contributed by atoms with Crippen molar-refractivity contribution in [3.05, 3.63) is 80.6 Å². The number of ether oxygens (including phenoxy) is 1. The van der Waals surface area contributed by atoms with Gasteiger partial charge in [0.2, 0.25) is 0 Å². The first-order valence-corrected chi connectivity index (χ1v) is 11.1. The van der Waals surface area contributed by atoms with Crippen LogP contribution in [0.15, 0.2) is 53.5 Å². The van der Waals surface area contributed by atoms with Crippen LogP contribution in [0.3, 0.4) is 0 Å². The number of aromatic nitrogens is 1. The summed E-state index contributed by atoms with van der Waals surface area (Å²) < 4.78 is 7.22. The van der Waals surface area contributed by atoms with Gasteiger partial charge in [0.25, 0.3) is 11.8 Å². The predicted octanol–water partition coefficient (Wildman–Crippen LogP) is 3.86. The number of nitrogens with one attached hydrogen (secondary N) is 1. The molecule has 4 rings (SSSR count). The molecule has 0 spiro atoms. The maximum absolute atomic E-state index is 12.8. The van der Waals surface area contributed by atoms with E-state index in [9.17, 15) is 9.59 Å². The summed E-state index contributed by atoms with van der Waals surface area (Å²) in [5, 5.41) is 3.06. The van der Waals surface area contributed by atoms with Gasteiger partial charge < -0.3 is 14.6 Å². The maximum atomic E-state index is 12.8. The lowest BCUT2D eigenvalue weighted by atomic mass is 10.1. The molecule has 1 saturated carbocycles. The van der Waals surface area contributed by atoms with E-state index in [-0.39, 0.29) is 11.8 Å². The lowest BCUT2D eigenvalue weighted by Gasteiger charge is -2.12. The van der Waals surface area contributed by atoms with Gasteiger partial charge in [-0.3, -0.25) is 9.59 Å². The zero-order chi connectivity index (χ0) is 22.0. The third kappa shape index (κ3) is 4.77. The summed E-state index contributed by atoms with van der Waals surface area (Å²) in [7, 11) is 1.57. The first kappa shape index (κ1) is 21.1. The van der Waals surface area contributed by atoms with Crippen molar-refractivity contribution in [1.82, 2.24) is 9.88 Å². The lowest BCUT2D eigenvalue weighted by molar-refractivity contribution is 0.0948. The van der Waals surface area contributed by atoms with Crippen LogP contribution in [0.25, 0.3) is 0 Å². The number of carbonyl (C=O) groups is 2. The van der Waals surface area contributed by atoms with E-state index in [4.69, 9.17) is 4.74 Å². The van der Waals surface area contributed by atoms with Crippen molar-refractivity contribution in [2.45, 2.75) is 39.3 Å². The van der Waals surface area contributed by atoms with E-state index in [0.29, 0.717) is 34.3 Å². The molecule has 0 bridgehead atoms. The number of hydrogen-bond acceptors (Lipinski definition) is 4. The molecule has 2 aromatic carbocycles. The van der Waals surface area contributed by atoms with E-state index >= 15 is 0 Å². The van der Waals surface area contributed by atoms with Gasteiger partial charge in [-0.25, -0.2) is 0 Å². The van der Waals surface area contributed by atoms with E-state index < -0.39 is 0 Å². The van der Waals surface area contributed by atoms with Gasteiger partial charge in [-0.1, -0.05) is 24.3 Å². The molecule has 0 unspecified atom stereocenters. The summed E-state index contributed by atoms with van der Waals surface area (Å²) in [4.78, 5) is 31.6. The number of benzene rings is 2. The Morgan fingerprint density at radius 3 is 2.68 bits per heavy atom. The zero-order valence-electron chi connectivity index (χ0n) is 17.8. The van der Waals surface area contributed by atoms with Gasteiger partial charge in [-0.15, -0.1) is 11.3 Å². The molecule has 0 atom stereocenters. The van der Waals surface area contributed by atoms with Gasteiger partial charge in [-0.2, -0.15) is 4.99 Å². The van der Waals surface area contributed by atoms with Gasteiger partial charge in [-0.05, 0) is 56.5 Å². The van der Waals surface area contributed by atoms with Crippen molar-refractivity contribution in [2.75, 3.05) is 7.11 Å². The van der Waals surface area contributed by atoms with Gasteiger partial charge in [0, 0.05) is 27.7 Å². The monoisotopic (exact) mass is 435 g/mol. The molecule has 3 aromatic rings. The summed E-state index contributed by atoms with van der Waals surface area (Å²) in [5.74, 6) is 0.242. The first-order chi connectivity index (χ1) is 15.0. The molecule has 1 aliphatic rings. The SMILES string of the molecule is COc1cccc(C(=O)N=c2sc(C)c(C)n2Cc2ccccc2C(=O)NC2CC2)c1. The van der Waals surface area contributed by atoms with E-state index in [0.717, 1.165) is 29.0 Å². The highest BCUT2D eigenvalue weighted by Crippen LogP contribution is 2.21. The molecule has 160 valence electrons. The summed E-state index contributed by atoms with van der Waals surface area (Å²) in [6.07, 6.45) is 2.09. The standard InChI is InChI=1S/C24H25N3O3S/c1-15-16(2)31-24(26-22(28)17-8-6-9-20(13-17)30-3)27(15)14-18-7-4-5-10-21(18)23(29)25-19-11-12-19/h4-10,13,19H,11-12,14H2,1-3H3,(H,25,29). The van der Waals surface area contributed by atoms with Gasteiger partial charge >= 0.3 is 0 Å². The summed E-state index contributed by atoms with van der Waals surface area (Å²) in [5.41, 5.74) is 3.06. The number of amides is 2. The Morgan fingerprint density at radius 1 is 1.16 bits per heavy atom. The third-order valence-electron chi connectivity index (χ3n) is 5.41. The molecule has 0 aliphatic heterocycles. The largest absolute Gasteiger partial charge is 0.497 e. The van der Waals surface area contributed by atoms with Crippen LogP contribution >= 0.6 is 11.3 Å². The molecule has 1 heterocycles. The third-order valence-corrected chi connectivity index (χ3v) is 6.50. The molecule has 1 aliphatic carbocycles. The normalized spacial score (nSPS) is 13.8. The molecule has 7 heteroatoms. The van der Waals surface area contributed by atoms with Crippen LogP contribution in [0.1, 0.15) is 49.7 Å². The van der Waals surface area contributed by atoms with E-state index in [2.05, 4.69) is 10.3 Å². The minimum Gasteiger partial charge on any atom is -0.497 e. The van der Waals surface area contributed by atoms with E-state index in [1.807, 2.05) is 42.7 Å². The Balaban J connectivity index is 1.68. The molecule has 1 fully saturated rings. The van der Waals surface area contributed by atoms with Crippen LogP contribution in [0.4, 0.5) is 0 Å². The van der Waals surface area contributed by atoms with Crippen LogP contribution in [-0.4, -0.2) is 29.5 Å². The maximum Gasteiger partial charge on any atom is 0.279 e. The minimum absolute atomic E-state index is 0.0470. The van der Waals surface area contributed by atoms with Crippen molar-refractivity contribution in [3.63, 3.8) is 0 Å². The second-order valence-electron chi connectivity index (χ2n) is 7.67. The molecule has 1 aromatic heterocycles. The highest BCUT2D eigenvalue weighted by molar-refractivity contribution is 7.09. The number of thiazole rings is 1. The molecular formula is C24H25N3O3S. The highest BCUT2D eigenvalue weighted by Gasteiger charge is 2.25. The number of aryl methyl sites for hydroxylation is 1. The number of nitrogens with zero attached hydrogens (tertiary/aromatic N) is 2. The predicted molar refractivity (Wildman–Crippen MR) is 121 cm³/mol. The second-order valence-corrected chi connectivity index (χ2v) is 8.85. The van der Waals surface area contributed by atoms with Gasteiger partial charge in [0.1, 0.15) is 5.75 Å². The quantitative estimate of drug-likeness (QED) is 0.639. The van der Waals surface area contributed by atoms with Crippen molar-refractivity contribution < 1.29 is 14.3 Å². The fourth-order valence-electron chi connectivity index (χ4n) is 3.32. The highest BCUT2D eigenvalue weighted by atomic mass is 32.1. The lowest BCUT2D eigenvalue weighted by Crippen LogP contribution is -2.27. The average molecular weight is 436 g/mol. The number of carbonyl (C=O) groups excluding carboxylic acids is 2.